The van der Waals surface area contributed by atoms with E-state index in [4.69, 9.17) is 5.73 Å². The first-order valence-electron chi connectivity index (χ1n) is 5.43. The Morgan fingerprint density at radius 1 is 1.31 bits per heavy atom. The molecule has 1 rings (SSSR count). The third kappa shape index (κ3) is 3.54. The van der Waals surface area contributed by atoms with Crippen molar-refractivity contribution in [3.63, 3.8) is 0 Å². The summed E-state index contributed by atoms with van der Waals surface area (Å²) in [7, 11) is 0. The van der Waals surface area contributed by atoms with Crippen LogP contribution >= 0.6 is 0 Å². The molecule has 2 nitrogen and oxygen atoms in total. The van der Waals surface area contributed by atoms with Crippen molar-refractivity contribution in [3.8, 4) is 0 Å². The summed E-state index contributed by atoms with van der Waals surface area (Å²) in [5.41, 5.74) is 6.00. The molecule has 0 aliphatic heterocycles. The quantitative estimate of drug-likeness (QED) is 0.811. The zero-order valence-corrected chi connectivity index (χ0v) is 9.63. The van der Waals surface area contributed by atoms with E-state index in [1.807, 2.05) is 0 Å². The van der Waals surface area contributed by atoms with Gasteiger partial charge in [-0.2, -0.15) is 0 Å². The number of nitrogens with one attached hydrogen (secondary N) is 1. The van der Waals surface area contributed by atoms with Gasteiger partial charge in [0.25, 0.3) is 0 Å². The van der Waals surface area contributed by atoms with Crippen LogP contribution in [-0.2, 0) is 0 Å². The summed E-state index contributed by atoms with van der Waals surface area (Å²) in [6, 6.07) is 3.31. The Morgan fingerprint density at radius 2 is 2.00 bits per heavy atom. The molecule has 0 fully saturated rings. The Labute approximate surface area is 94.8 Å². The van der Waals surface area contributed by atoms with Crippen LogP contribution in [-0.4, -0.2) is 13.1 Å². The molecule has 0 aromatic heterocycles. The molecule has 0 aliphatic rings. The van der Waals surface area contributed by atoms with E-state index in [1.54, 1.807) is 0 Å². The van der Waals surface area contributed by atoms with Crippen molar-refractivity contribution in [1.82, 2.24) is 5.32 Å². The third-order valence-electron chi connectivity index (χ3n) is 2.35. The Morgan fingerprint density at radius 3 is 2.50 bits per heavy atom. The molecule has 1 unspecified atom stereocenters. The Balaban J connectivity index is 2.78. The van der Waals surface area contributed by atoms with Gasteiger partial charge in [-0.15, -0.1) is 0 Å². The molecule has 0 saturated carbocycles. The number of benzene rings is 1. The van der Waals surface area contributed by atoms with Gasteiger partial charge in [0.15, 0.2) is 0 Å². The van der Waals surface area contributed by atoms with Gasteiger partial charge < -0.3 is 11.1 Å². The summed E-state index contributed by atoms with van der Waals surface area (Å²) < 4.78 is 26.2. The maximum absolute atomic E-state index is 13.5. The van der Waals surface area contributed by atoms with Crippen molar-refractivity contribution in [2.24, 2.45) is 11.7 Å². The third-order valence-corrected chi connectivity index (χ3v) is 2.35. The number of hydrogen-bond acceptors (Lipinski definition) is 2. The summed E-state index contributed by atoms with van der Waals surface area (Å²) in [6.45, 7) is 5.15. The highest BCUT2D eigenvalue weighted by Crippen LogP contribution is 2.17. The lowest BCUT2D eigenvalue weighted by Gasteiger charge is -2.19. The van der Waals surface area contributed by atoms with E-state index < -0.39 is 11.6 Å². The lowest BCUT2D eigenvalue weighted by atomic mass is 10.1. The molecule has 1 atom stereocenters. The second kappa shape index (κ2) is 5.92. The maximum Gasteiger partial charge on any atom is 0.130 e. The van der Waals surface area contributed by atoms with Gasteiger partial charge in [0.2, 0.25) is 0 Å². The number of nitrogens with two attached hydrogens (primary N) is 1. The fraction of sp³-hybridized carbons (Fsp3) is 0.500. The standard InChI is InChI=1S/C12H18F2N2/c1-8(2)7-16-12(6-15)10-4-3-9(13)5-11(10)14/h3-5,8,12,16H,6-7,15H2,1-2H3. The van der Waals surface area contributed by atoms with Crippen LogP contribution in [0.2, 0.25) is 0 Å². The molecule has 0 saturated heterocycles. The average molecular weight is 228 g/mol. The van der Waals surface area contributed by atoms with E-state index in [2.05, 4.69) is 19.2 Å². The van der Waals surface area contributed by atoms with Crippen LogP contribution < -0.4 is 11.1 Å². The summed E-state index contributed by atoms with van der Waals surface area (Å²) in [4.78, 5) is 0. The van der Waals surface area contributed by atoms with Gasteiger partial charge in [-0.05, 0) is 18.5 Å². The first-order chi connectivity index (χ1) is 7.54. The van der Waals surface area contributed by atoms with Gasteiger partial charge in [0, 0.05) is 24.2 Å². The topological polar surface area (TPSA) is 38.0 Å². The summed E-state index contributed by atoms with van der Waals surface area (Å²) >= 11 is 0. The Kier molecular flexibility index (Phi) is 4.83. The molecule has 90 valence electrons. The monoisotopic (exact) mass is 228 g/mol. The summed E-state index contributed by atoms with van der Waals surface area (Å²) in [5, 5.41) is 3.16. The van der Waals surface area contributed by atoms with E-state index in [1.165, 1.54) is 12.1 Å². The summed E-state index contributed by atoms with van der Waals surface area (Å²) in [6.07, 6.45) is 0. The number of halogens is 2. The average Bonchev–Trinajstić information content (AvgIpc) is 2.21. The van der Waals surface area contributed by atoms with Crippen molar-refractivity contribution >= 4 is 0 Å². The molecule has 16 heavy (non-hydrogen) atoms. The van der Waals surface area contributed by atoms with Gasteiger partial charge in [-0.3, -0.25) is 0 Å². The predicted octanol–water partition coefficient (Wildman–Crippen LogP) is 2.21. The highest BCUT2D eigenvalue weighted by Gasteiger charge is 2.14. The van der Waals surface area contributed by atoms with Crippen molar-refractivity contribution in [1.29, 1.82) is 0 Å². The van der Waals surface area contributed by atoms with Gasteiger partial charge in [-0.25, -0.2) is 8.78 Å². The van der Waals surface area contributed by atoms with Crippen LogP contribution in [0, 0.1) is 17.6 Å². The lowest BCUT2D eigenvalue weighted by Crippen LogP contribution is -2.31. The van der Waals surface area contributed by atoms with E-state index in [9.17, 15) is 8.78 Å². The van der Waals surface area contributed by atoms with Crippen LogP contribution in [0.25, 0.3) is 0 Å². The molecule has 0 spiro atoms. The molecule has 3 N–H and O–H groups in total. The molecule has 0 bridgehead atoms. The Hall–Kier alpha value is -1.00. The maximum atomic E-state index is 13.5. The molecular formula is C12H18F2N2. The van der Waals surface area contributed by atoms with E-state index in [-0.39, 0.29) is 12.6 Å². The zero-order valence-electron chi connectivity index (χ0n) is 9.63. The fourth-order valence-corrected chi connectivity index (χ4v) is 1.48. The molecule has 0 heterocycles. The fourth-order valence-electron chi connectivity index (χ4n) is 1.48. The number of hydrogen-bond donors (Lipinski definition) is 2. The van der Waals surface area contributed by atoms with Gasteiger partial charge >= 0.3 is 0 Å². The second-order valence-corrected chi connectivity index (χ2v) is 4.26. The smallest absolute Gasteiger partial charge is 0.130 e. The minimum Gasteiger partial charge on any atom is -0.329 e. The minimum absolute atomic E-state index is 0.261. The highest BCUT2D eigenvalue weighted by atomic mass is 19.1. The zero-order chi connectivity index (χ0) is 12.1. The van der Waals surface area contributed by atoms with Crippen molar-refractivity contribution in [3.05, 3.63) is 35.4 Å². The SMILES string of the molecule is CC(C)CNC(CN)c1ccc(F)cc1F. The first-order valence-corrected chi connectivity index (χ1v) is 5.43. The van der Waals surface area contributed by atoms with Crippen LogP contribution in [0.3, 0.4) is 0 Å². The number of rotatable bonds is 5. The minimum atomic E-state index is -0.569. The largest absolute Gasteiger partial charge is 0.329 e. The van der Waals surface area contributed by atoms with Crippen molar-refractivity contribution in [2.75, 3.05) is 13.1 Å². The molecule has 0 amide bonds. The van der Waals surface area contributed by atoms with Gasteiger partial charge in [-0.1, -0.05) is 19.9 Å². The molecule has 0 radical (unpaired) electrons. The molecule has 0 aliphatic carbocycles. The van der Waals surface area contributed by atoms with Gasteiger partial charge in [0.1, 0.15) is 11.6 Å². The summed E-state index contributed by atoms with van der Waals surface area (Å²) in [5.74, 6) is -0.662. The van der Waals surface area contributed by atoms with E-state index in [0.29, 0.717) is 11.5 Å². The van der Waals surface area contributed by atoms with Crippen LogP contribution in [0.15, 0.2) is 18.2 Å². The van der Waals surface area contributed by atoms with Crippen molar-refractivity contribution in [2.45, 2.75) is 19.9 Å². The normalized spacial score (nSPS) is 13.1. The molecule has 4 heteroatoms. The van der Waals surface area contributed by atoms with Crippen molar-refractivity contribution < 1.29 is 8.78 Å². The van der Waals surface area contributed by atoms with Gasteiger partial charge in [0.05, 0.1) is 0 Å². The first kappa shape index (κ1) is 13.1. The highest BCUT2D eigenvalue weighted by molar-refractivity contribution is 5.22. The van der Waals surface area contributed by atoms with Crippen LogP contribution in [0.1, 0.15) is 25.5 Å². The lowest BCUT2D eigenvalue weighted by molar-refractivity contribution is 0.460. The predicted molar refractivity (Wildman–Crippen MR) is 61.0 cm³/mol. The molecular weight excluding hydrogens is 210 g/mol. The van der Waals surface area contributed by atoms with E-state index >= 15 is 0 Å². The molecule has 1 aromatic rings. The second-order valence-electron chi connectivity index (χ2n) is 4.26. The van der Waals surface area contributed by atoms with E-state index in [0.717, 1.165) is 12.6 Å². The van der Waals surface area contributed by atoms with Crippen LogP contribution in [0.4, 0.5) is 8.78 Å². The van der Waals surface area contributed by atoms with Crippen LogP contribution in [0.5, 0.6) is 0 Å². The molecule has 1 aromatic carbocycles. The Bertz CT molecular complexity index is 340.